The molecule has 3 atom stereocenters. The van der Waals surface area contributed by atoms with E-state index in [0.29, 0.717) is 29.6 Å². The van der Waals surface area contributed by atoms with Crippen LogP contribution < -0.4 is 29.6 Å². The minimum atomic E-state index is -1.46. The summed E-state index contributed by atoms with van der Waals surface area (Å²) in [5.41, 5.74) is 5.32. The van der Waals surface area contributed by atoms with E-state index >= 15 is 0 Å². The summed E-state index contributed by atoms with van der Waals surface area (Å²) in [5, 5.41) is 43.8. The van der Waals surface area contributed by atoms with Gasteiger partial charge >= 0.3 is 11.9 Å². The fourth-order valence-electron chi connectivity index (χ4n) is 6.28. The van der Waals surface area contributed by atoms with E-state index < -0.39 is 36.2 Å². The number of rotatable bonds is 18. The Labute approximate surface area is 309 Å². The summed E-state index contributed by atoms with van der Waals surface area (Å²) in [6.45, 7) is 4.60. The Kier molecular flexibility index (Phi) is 12.3. The molecule has 4 aromatic rings. The van der Waals surface area contributed by atoms with Crippen LogP contribution in [0.4, 0.5) is 0 Å². The van der Waals surface area contributed by atoms with Crippen LogP contribution in [0.3, 0.4) is 0 Å². The quantitative estimate of drug-likeness (QED) is 0.0794. The Hall–Kier alpha value is -5.14. The average Bonchev–Trinajstić information content (AvgIpc) is 3.58. The van der Waals surface area contributed by atoms with Gasteiger partial charge in [-0.3, -0.25) is 20.2 Å². The number of fused-ring (bicyclic) bond motifs is 1. The second-order valence-electron chi connectivity index (χ2n) is 13.7. The fraction of sp³-hybridized carbons (Fsp3) is 0.366. The third-order valence-electron chi connectivity index (χ3n) is 10.0. The fourth-order valence-corrected chi connectivity index (χ4v) is 6.28. The molecule has 0 saturated heterocycles. The smallest absolute Gasteiger partial charge is 0.326 e. The Morgan fingerprint density at radius 3 is 1.87 bits per heavy atom. The van der Waals surface area contributed by atoms with E-state index in [1.54, 1.807) is 26.4 Å². The highest BCUT2D eigenvalue weighted by Gasteiger charge is 2.33. The molecule has 12 heteroatoms. The lowest BCUT2D eigenvalue weighted by atomic mass is 9.91. The third kappa shape index (κ3) is 8.58. The molecule has 4 aromatic carbocycles. The summed E-state index contributed by atoms with van der Waals surface area (Å²) < 4.78 is 24.0. The standard InChI is InChI=1S/C41H48N2O10/c1-25-28(22-52-34-15-12-26(18-36(34)50-4)20-42-40(2,23-44)38(46)47)8-6-9-29(25)30-10-7-11-32-31(30)14-17-33(32)53-35-16-13-27(19-37(35)51-5)21-43-41(3,24-45)39(48)49/h6-13,15-16,18-19,33,42-45H,14,17,20-24H2,1-5H3,(H,46,47)(H,48,49)/t33?,40-,41?/m0/s1. The molecule has 1 aliphatic carbocycles. The average molecular weight is 729 g/mol. The molecule has 1 aliphatic rings. The number of hydrogen-bond donors (Lipinski definition) is 6. The van der Waals surface area contributed by atoms with Crippen LogP contribution in [0.5, 0.6) is 23.0 Å². The summed E-state index contributed by atoms with van der Waals surface area (Å²) in [4.78, 5) is 23.1. The molecule has 5 rings (SSSR count). The van der Waals surface area contributed by atoms with Crippen LogP contribution in [0.25, 0.3) is 11.1 Å². The summed E-state index contributed by atoms with van der Waals surface area (Å²) in [6.07, 6.45) is 1.43. The molecule has 53 heavy (non-hydrogen) atoms. The predicted octanol–water partition coefficient (Wildman–Crippen LogP) is 5.17. The molecule has 0 amide bonds. The summed E-state index contributed by atoms with van der Waals surface area (Å²) >= 11 is 0. The lowest BCUT2D eigenvalue weighted by molar-refractivity contribution is -0.146. The first kappa shape index (κ1) is 39.1. The Morgan fingerprint density at radius 1 is 0.755 bits per heavy atom. The van der Waals surface area contributed by atoms with Crippen molar-refractivity contribution >= 4 is 11.9 Å². The van der Waals surface area contributed by atoms with E-state index in [-0.39, 0.29) is 19.2 Å². The first-order valence-corrected chi connectivity index (χ1v) is 17.4. The van der Waals surface area contributed by atoms with Crippen molar-refractivity contribution in [2.24, 2.45) is 0 Å². The normalized spacial score (nSPS) is 15.9. The molecule has 6 N–H and O–H groups in total. The van der Waals surface area contributed by atoms with Gasteiger partial charge in [0.25, 0.3) is 0 Å². The van der Waals surface area contributed by atoms with Gasteiger partial charge in [0, 0.05) is 13.1 Å². The van der Waals surface area contributed by atoms with E-state index in [9.17, 15) is 30.0 Å². The van der Waals surface area contributed by atoms with Gasteiger partial charge in [0.15, 0.2) is 23.0 Å². The van der Waals surface area contributed by atoms with E-state index in [4.69, 9.17) is 18.9 Å². The van der Waals surface area contributed by atoms with Gasteiger partial charge in [0.05, 0.1) is 27.4 Å². The van der Waals surface area contributed by atoms with Crippen molar-refractivity contribution in [3.8, 4) is 34.1 Å². The minimum Gasteiger partial charge on any atom is -0.493 e. The van der Waals surface area contributed by atoms with Gasteiger partial charge in [0.2, 0.25) is 0 Å². The number of methoxy groups -OCH3 is 2. The van der Waals surface area contributed by atoms with Crippen molar-refractivity contribution in [3.63, 3.8) is 0 Å². The number of carboxylic acid groups (broad SMARTS) is 2. The van der Waals surface area contributed by atoms with Crippen LogP contribution in [0.15, 0.2) is 72.8 Å². The van der Waals surface area contributed by atoms with Crippen molar-refractivity contribution in [1.82, 2.24) is 10.6 Å². The number of aliphatic carboxylic acids is 2. The van der Waals surface area contributed by atoms with Crippen molar-refractivity contribution in [1.29, 1.82) is 0 Å². The number of ether oxygens (including phenoxy) is 4. The van der Waals surface area contributed by atoms with Gasteiger partial charge in [-0.05, 0) is 102 Å². The molecule has 282 valence electrons. The number of carboxylic acids is 2. The first-order valence-electron chi connectivity index (χ1n) is 17.4. The summed E-state index contributed by atoms with van der Waals surface area (Å²) in [7, 11) is 3.12. The maximum Gasteiger partial charge on any atom is 0.326 e. The highest BCUT2D eigenvalue weighted by molar-refractivity contribution is 5.79. The number of aliphatic hydroxyl groups is 2. The first-order chi connectivity index (χ1) is 25.4. The zero-order chi connectivity index (χ0) is 38.3. The monoisotopic (exact) mass is 728 g/mol. The van der Waals surface area contributed by atoms with E-state index in [2.05, 4.69) is 35.8 Å². The van der Waals surface area contributed by atoms with Crippen LogP contribution in [-0.2, 0) is 35.7 Å². The zero-order valence-corrected chi connectivity index (χ0v) is 30.7. The van der Waals surface area contributed by atoms with Gasteiger partial charge in [-0.2, -0.15) is 0 Å². The molecule has 0 aliphatic heterocycles. The lowest BCUT2D eigenvalue weighted by Crippen LogP contribution is -2.52. The molecule has 0 fully saturated rings. The Bertz CT molecular complexity index is 1950. The van der Waals surface area contributed by atoms with Gasteiger partial charge in [-0.15, -0.1) is 0 Å². The Morgan fingerprint density at radius 2 is 1.30 bits per heavy atom. The van der Waals surface area contributed by atoms with Crippen molar-refractivity contribution in [3.05, 3.63) is 106 Å². The van der Waals surface area contributed by atoms with Gasteiger partial charge < -0.3 is 39.4 Å². The molecular formula is C41H48N2O10. The largest absolute Gasteiger partial charge is 0.493 e. The van der Waals surface area contributed by atoms with Crippen molar-refractivity contribution in [2.45, 2.75) is 70.5 Å². The molecule has 0 aromatic heterocycles. The molecule has 0 radical (unpaired) electrons. The van der Waals surface area contributed by atoms with E-state index in [1.165, 1.54) is 19.4 Å². The maximum absolute atomic E-state index is 11.6. The van der Waals surface area contributed by atoms with Crippen LogP contribution >= 0.6 is 0 Å². The van der Waals surface area contributed by atoms with Gasteiger partial charge in [0.1, 0.15) is 23.8 Å². The van der Waals surface area contributed by atoms with Crippen LogP contribution in [0, 0.1) is 6.92 Å². The number of hydrogen-bond acceptors (Lipinski definition) is 10. The van der Waals surface area contributed by atoms with Crippen LogP contribution in [0.1, 0.15) is 59.8 Å². The number of carbonyl (C=O) groups is 2. The summed E-state index contributed by atoms with van der Waals surface area (Å²) in [6, 6.07) is 23.4. The molecule has 0 spiro atoms. The maximum atomic E-state index is 11.6. The van der Waals surface area contributed by atoms with Crippen LogP contribution in [-0.4, -0.2) is 70.9 Å². The SMILES string of the molecule is COc1cc(CN[C@@](C)(CO)C(=O)O)ccc1OCc1cccc(-c2cccc3c2CCC3Oc2ccc(CNC(C)(CO)C(=O)O)cc2OC)c1C. The van der Waals surface area contributed by atoms with Crippen LogP contribution in [0.2, 0.25) is 0 Å². The molecule has 0 saturated carbocycles. The molecule has 12 nitrogen and oxygen atoms in total. The zero-order valence-electron chi connectivity index (χ0n) is 30.7. The molecule has 0 heterocycles. The second kappa shape index (κ2) is 16.7. The lowest BCUT2D eigenvalue weighted by Gasteiger charge is -2.24. The number of aliphatic hydroxyl groups excluding tert-OH is 2. The predicted molar refractivity (Wildman–Crippen MR) is 199 cm³/mol. The third-order valence-corrected chi connectivity index (χ3v) is 10.0. The number of benzene rings is 4. The van der Waals surface area contributed by atoms with Gasteiger partial charge in [-0.25, -0.2) is 0 Å². The van der Waals surface area contributed by atoms with E-state index in [0.717, 1.165) is 51.8 Å². The Balaban J connectivity index is 1.30. The molecular weight excluding hydrogens is 680 g/mol. The highest BCUT2D eigenvalue weighted by atomic mass is 16.5. The van der Waals surface area contributed by atoms with Crippen molar-refractivity contribution in [2.75, 3.05) is 27.4 Å². The molecule has 2 unspecified atom stereocenters. The topological polar surface area (TPSA) is 176 Å². The summed E-state index contributed by atoms with van der Waals surface area (Å²) in [5.74, 6) is -0.0973. The highest BCUT2D eigenvalue weighted by Crippen LogP contribution is 2.43. The minimum absolute atomic E-state index is 0.188. The van der Waals surface area contributed by atoms with Gasteiger partial charge in [-0.1, -0.05) is 48.5 Å². The number of nitrogens with one attached hydrogen (secondary N) is 2. The van der Waals surface area contributed by atoms with E-state index in [1.807, 2.05) is 42.5 Å². The second-order valence-corrected chi connectivity index (χ2v) is 13.7. The van der Waals surface area contributed by atoms with Crippen molar-refractivity contribution < 1.29 is 49.0 Å². The molecule has 0 bridgehead atoms.